The Balaban J connectivity index is 1.56. The molecule has 4 aromatic rings. The minimum atomic E-state index is -0.278. The Morgan fingerprint density at radius 3 is 2.69 bits per heavy atom. The number of anilines is 2. The van der Waals surface area contributed by atoms with Crippen LogP contribution in [0.5, 0.6) is 0 Å². The van der Waals surface area contributed by atoms with Crippen LogP contribution in [0.15, 0.2) is 73.2 Å². The van der Waals surface area contributed by atoms with Gasteiger partial charge in [-0.25, -0.2) is 0 Å². The molecule has 0 saturated carbocycles. The number of carbonyl (C=O) groups excluding carboxylic acids is 1. The molecule has 0 radical (unpaired) electrons. The van der Waals surface area contributed by atoms with Gasteiger partial charge in [0.05, 0.1) is 28.5 Å². The Kier molecular flexibility index (Phi) is 7.92. The summed E-state index contributed by atoms with van der Waals surface area (Å²) < 4.78 is 7.21. The standard InChI is InChI=1S/C29H29ClN6O2S/c1-18-13-22(19(2)35(18)16-20-7-6-11-31-15-20)28-27(25-8-4-5-12-32-25)34-29(39)36(28)21-9-10-24(23(30)14-21)33-26(37)17-38-3/h4-15,27-28H,16-17H2,1-3H3,(H,33,37)(H,34,39)/t27-,28-/m1/s1. The van der Waals surface area contributed by atoms with Crippen molar-refractivity contribution in [3.8, 4) is 0 Å². The fourth-order valence-electron chi connectivity index (χ4n) is 5.07. The number of aryl methyl sites for hydroxylation is 1. The van der Waals surface area contributed by atoms with Gasteiger partial charge in [0.2, 0.25) is 5.91 Å². The van der Waals surface area contributed by atoms with Gasteiger partial charge in [-0.2, -0.15) is 0 Å². The van der Waals surface area contributed by atoms with E-state index in [2.05, 4.69) is 56.0 Å². The predicted octanol–water partition coefficient (Wildman–Crippen LogP) is 5.36. The highest BCUT2D eigenvalue weighted by Gasteiger charge is 2.42. The highest BCUT2D eigenvalue weighted by Crippen LogP contribution is 2.44. The second-order valence-electron chi connectivity index (χ2n) is 9.42. The summed E-state index contributed by atoms with van der Waals surface area (Å²) in [7, 11) is 1.47. The van der Waals surface area contributed by atoms with Crippen molar-refractivity contribution in [1.82, 2.24) is 19.9 Å². The van der Waals surface area contributed by atoms with Crippen LogP contribution in [-0.4, -0.2) is 39.3 Å². The third-order valence-corrected chi connectivity index (χ3v) is 7.50. The average molecular weight is 561 g/mol. The van der Waals surface area contributed by atoms with E-state index in [0.29, 0.717) is 22.4 Å². The lowest BCUT2D eigenvalue weighted by Crippen LogP contribution is -2.29. The quantitative estimate of drug-likeness (QED) is 0.281. The summed E-state index contributed by atoms with van der Waals surface area (Å²) >= 11 is 12.5. The summed E-state index contributed by atoms with van der Waals surface area (Å²) in [4.78, 5) is 23.1. The Labute approximate surface area is 238 Å². The van der Waals surface area contributed by atoms with E-state index in [4.69, 9.17) is 28.6 Å². The number of benzene rings is 1. The van der Waals surface area contributed by atoms with Crippen molar-refractivity contribution in [3.05, 3.63) is 106 Å². The van der Waals surface area contributed by atoms with Gasteiger partial charge >= 0.3 is 0 Å². The summed E-state index contributed by atoms with van der Waals surface area (Å²) in [6, 6.07) is 17.3. The van der Waals surface area contributed by atoms with Crippen LogP contribution >= 0.6 is 23.8 Å². The first kappa shape index (κ1) is 26.8. The van der Waals surface area contributed by atoms with Gasteiger partial charge in [-0.1, -0.05) is 23.7 Å². The van der Waals surface area contributed by atoms with Crippen molar-refractivity contribution < 1.29 is 9.53 Å². The Hall–Kier alpha value is -3.79. The van der Waals surface area contributed by atoms with Crippen molar-refractivity contribution >= 4 is 46.2 Å². The number of nitrogens with zero attached hydrogens (tertiary/aromatic N) is 4. The average Bonchev–Trinajstić information content (AvgIpc) is 3.42. The highest BCUT2D eigenvalue weighted by molar-refractivity contribution is 7.80. The lowest BCUT2D eigenvalue weighted by molar-refractivity contribution is -0.119. The molecule has 0 bridgehead atoms. The van der Waals surface area contributed by atoms with Gasteiger partial charge < -0.3 is 24.8 Å². The summed E-state index contributed by atoms with van der Waals surface area (Å²) in [6.45, 7) is 4.91. The normalized spacial score (nSPS) is 16.8. The zero-order valence-corrected chi connectivity index (χ0v) is 23.5. The van der Waals surface area contributed by atoms with Gasteiger partial charge in [0.15, 0.2) is 5.11 Å². The van der Waals surface area contributed by atoms with Crippen LogP contribution in [0.1, 0.15) is 40.3 Å². The number of rotatable bonds is 8. The molecule has 0 spiro atoms. The number of ether oxygens (including phenoxy) is 1. The molecule has 0 aliphatic carbocycles. The van der Waals surface area contributed by atoms with Crippen LogP contribution in [0.2, 0.25) is 5.02 Å². The largest absolute Gasteiger partial charge is 0.375 e. The molecule has 1 amide bonds. The molecule has 3 aromatic heterocycles. The molecule has 1 saturated heterocycles. The zero-order chi connectivity index (χ0) is 27.5. The molecule has 0 unspecified atom stereocenters. The summed E-state index contributed by atoms with van der Waals surface area (Å²) in [5.41, 5.74) is 6.73. The zero-order valence-electron chi connectivity index (χ0n) is 21.9. The Morgan fingerprint density at radius 2 is 2.00 bits per heavy atom. The second kappa shape index (κ2) is 11.5. The number of aromatic nitrogens is 3. The second-order valence-corrected chi connectivity index (χ2v) is 10.2. The summed E-state index contributed by atoms with van der Waals surface area (Å²) in [6.07, 6.45) is 5.47. The fourth-order valence-corrected chi connectivity index (χ4v) is 5.63. The molecule has 1 aromatic carbocycles. The van der Waals surface area contributed by atoms with E-state index in [1.54, 1.807) is 18.5 Å². The first-order valence-electron chi connectivity index (χ1n) is 12.5. The molecule has 2 N–H and O–H groups in total. The van der Waals surface area contributed by atoms with Crippen LogP contribution < -0.4 is 15.5 Å². The first-order valence-corrected chi connectivity index (χ1v) is 13.3. The maximum atomic E-state index is 12.0. The van der Waals surface area contributed by atoms with Crippen molar-refractivity contribution in [2.75, 3.05) is 23.9 Å². The van der Waals surface area contributed by atoms with Crippen molar-refractivity contribution in [3.63, 3.8) is 0 Å². The van der Waals surface area contributed by atoms with Crippen LogP contribution in [-0.2, 0) is 16.1 Å². The maximum absolute atomic E-state index is 12.0. The van der Waals surface area contributed by atoms with E-state index in [9.17, 15) is 4.79 Å². The lowest BCUT2D eigenvalue weighted by Gasteiger charge is -2.28. The van der Waals surface area contributed by atoms with Gasteiger partial charge in [-0.3, -0.25) is 14.8 Å². The van der Waals surface area contributed by atoms with Gasteiger partial charge in [0, 0.05) is 49.3 Å². The van der Waals surface area contributed by atoms with E-state index in [-0.39, 0.29) is 24.6 Å². The molecular formula is C29H29ClN6O2S. The van der Waals surface area contributed by atoms with Crippen LogP contribution in [0.4, 0.5) is 11.4 Å². The number of hydrogen-bond acceptors (Lipinski definition) is 5. The predicted molar refractivity (Wildman–Crippen MR) is 157 cm³/mol. The molecule has 200 valence electrons. The molecule has 4 heterocycles. The van der Waals surface area contributed by atoms with Gasteiger partial charge in [-0.05, 0) is 79.7 Å². The number of amides is 1. The number of hydrogen-bond donors (Lipinski definition) is 2. The number of pyridine rings is 2. The third kappa shape index (κ3) is 5.52. The topological polar surface area (TPSA) is 84.3 Å². The fraction of sp³-hybridized carbons (Fsp3) is 0.241. The third-order valence-electron chi connectivity index (χ3n) is 6.87. The number of carbonyl (C=O) groups is 1. The molecule has 2 atom stereocenters. The van der Waals surface area contributed by atoms with E-state index >= 15 is 0 Å². The summed E-state index contributed by atoms with van der Waals surface area (Å²) in [5.74, 6) is -0.278. The molecule has 10 heteroatoms. The number of methoxy groups -OCH3 is 1. The smallest absolute Gasteiger partial charge is 0.250 e. The molecule has 39 heavy (non-hydrogen) atoms. The molecule has 8 nitrogen and oxygen atoms in total. The number of thiocarbonyl (C=S) groups is 1. The Bertz CT molecular complexity index is 1490. The SMILES string of the molecule is COCC(=O)Nc1ccc(N2C(=S)N[C@H](c3ccccn3)[C@H]2c2cc(C)n(Cc3cccnc3)c2C)cc1Cl. The summed E-state index contributed by atoms with van der Waals surface area (Å²) in [5, 5.41) is 7.26. The molecule has 1 fully saturated rings. The molecular weight excluding hydrogens is 532 g/mol. The van der Waals surface area contributed by atoms with Crippen molar-refractivity contribution in [2.24, 2.45) is 0 Å². The van der Waals surface area contributed by atoms with E-state index in [0.717, 1.165) is 33.9 Å². The van der Waals surface area contributed by atoms with Crippen LogP contribution in [0.3, 0.4) is 0 Å². The van der Waals surface area contributed by atoms with E-state index in [1.807, 2.05) is 42.6 Å². The van der Waals surface area contributed by atoms with Crippen molar-refractivity contribution in [2.45, 2.75) is 32.5 Å². The van der Waals surface area contributed by atoms with Crippen molar-refractivity contribution in [1.29, 1.82) is 0 Å². The van der Waals surface area contributed by atoms with Gasteiger partial charge in [-0.15, -0.1) is 0 Å². The minimum absolute atomic E-state index is 0.0549. The Morgan fingerprint density at radius 1 is 1.15 bits per heavy atom. The van der Waals surface area contributed by atoms with Crippen LogP contribution in [0.25, 0.3) is 0 Å². The monoisotopic (exact) mass is 560 g/mol. The maximum Gasteiger partial charge on any atom is 0.250 e. The van der Waals surface area contributed by atoms with E-state index < -0.39 is 0 Å². The minimum Gasteiger partial charge on any atom is -0.375 e. The number of nitrogens with one attached hydrogen (secondary N) is 2. The van der Waals surface area contributed by atoms with Gasteiger partial charge in [0.1, 0.15) is 6.61 Å². The first-order chi connectivity index (χ1) is 18.9. The number of halogens is 1. The van der Waals surface area contributed by atoms with E-state index in [1.165, 1.54) is 7.11 Å². The van der Waals surface area contributed by atoms with Gasteiger partial charge in [0.25, 0.3) is 0 Å². The molecule has 5 rings (SSSR count). The van der Waals surface area contributed by atoms with Crippen LogP contribution in [0, 0.1) is 13.8 Å². The molecule has 1 aliphatic rings. The lowest BCUT2D eigenvalue weighted by atomic mass is 9.96. The molecule has 1 aliphatic heterocycles. The highest BCUT2D eigenvalue weighted by atomic mass is 35.5.